The van der Waals surface area contributed by atoms with Crippen molar-refractivity contribution in [2.75, 3.05) is 5.32 Å². The van der Waals surface area contributed by atoms with E-state index in [2.05, 4.69) is 71.6 Å². The van der Waals surface area contributed by atoms with Gasteiger partial charge in [0.2, 0.25) is 5.56 Å². The number of hydrogen-bond donors (Lipinski definition) is 2. The van der Waals surface area contributed by atoms with Crippen molar-refractivity contribution >= 4 is 47.2 Å². The first-order chi connectivity index (χ1) is 13.1. The summed E-state index contributed by atoms with van der Waals surface area (Å²) in [6.45, 7) is 4.38. The molecule has 0 radical (unpaired) electrons. The van der Waals surface area contributed by atoms with Gasteiger partial charge in [-0.3, -0.25) is 4.79 Å². The third-order valence-electron chi connectivity index (χ3n) is 4.95. The van der Waals surface area contributed by atoms with E-state index in [1.165, 1.54) is 22.8 Å². The molecule has 2 N–H and O–H groups in total. The quantitative estimate of drug-likeness (QED) is 0.421. The highest BCUT2D eigenvalue weighted by Crippen LogP contribution is 2.30. The summed E-state index contributed by atoms with van der Waals surface area (Å²) in [6, 6.07) is 22.2. The van der Waals surface area contributed by atoms with Crippen LogP contribution in [0, 0.1) is 6.92 Å². The molecular weight excluding hydrogens is 405 g/mol. The molecular formula is C23H23Cl2N3O. The number of anilines is 2. The number of aromatic amines is 1. The average molecular weight is 428 g/mol. The van der Waals surface area contributed by atoms with E-state index in [1.807, 2.05) is 12.1 Å². The van der Waals surface area contributed by atoms with Crippen LogP contribution in [-0.4, -0.2) is 9.97 Å². The van der Waals surface area contributed by atoms with Gasteiger partial charge < -0.3 is 10.3 Å². The van der Waals surface area contributed by atoms with Gasteiger partial charge in [0.05, 0.1) is 5.69 Å². The van der Waals surface area contributed by atoms with E-state index in [9.17, 15) is 4.79 Å². The number of fused-ring (bicyclic) bond motifs is 1. The van der Waals surface area contributed by atoms with Crippen molar-refractivity contribution in [2.45, 2.75) is 19.8 Å². The Morgan fingerprint density at radius 3 is 2.55 bits per heavy atom. The Hall–Kier alpha value is -2.82. The van der Waals surface area contributed by atoms with Gasteiger partial charge >= 0.3 is 0 Å². The van der Waals surface area contributed by atoms with Crippen LogP contribution in [0.5, 0.6) is 0 Å². The molecule has 1 unspecified atom stereocenters. The van der Waals surface area contributed by atoms with Crippen molar-refractivity contribution < 1.29 is 0 Å². The van der Waals surface area contributed by atoms with E-state index in [-0.39, 0.29) is 30.4 Å². The normalized spacial score (nSPS) is 11.2. The van der Waals surface area contributed by atoms with Gasteiger partial charge in [-0.1, -0.05) is 43.3 Å². The molecule has 0 aliphatic heterocycles. The molecule has 0 aliphatic rings. The molecule has 0 saturated carbocycles. The van der Waals surface area contributed by atoms with Crippen molar-refractivity contribution in [2.24, 2.45) is 0 Å². The van der Waals surface area contributed by atoms with Crippen molar-refractivity contribution in [3.05, 3.63) is 100.0 Å². The number of halogens is 2. The molecule has 4 aromatic rings. The zero-order valence-electron chi connectivity index (χ0n) is 16.2. The van der Waals surface area contributed by atoms with Crippen LogP contribution in [0.2, 0.25) is 0 Å². The Labute approximate surface area is 182 Å². The summed E-state index contributed by atoms with van der Waals surface area (Å²) in [5.41, 5.74) is 6.23. The van der Waals surface area contributed by atoms with Crippen LogP contribution in [0.1, 0.15) is 29.5 Å². The predicted octanol–water partition coefficient (Wildman–Crippen LogP) is 5.97. The first kappa shape index (κ1) is 22.5. The number of pyridine rings is 2. The molecule has 2 heterocycles. The summed E-state index contributed by atoms with van der Waals surface area (Å²) in [4.78, 5) is 18.5. The second kappa shape index (κ2) is 9.59. The fourth-order valence-corrected chi connectivity index (χ4v) is 3.46. The third-order valence-corrected chi connectivity index (χ3v) is 4.95. The number of hydrogen-bond acceptors (Lipinski definition) is 3. The minimum Gasteiger partial charge on any atom is -0.355 e. The number of nitrogens with zero attached hydrogens (tertiary/aromatic N) is 1. The molecule has 0 saturated heterocycles. The summed E-state index contributed by atoms with van der Waals surface area (Å²) in [6.07, 6.45) is 1.69. The molecule has 0 spiro atoms. The van der Waals surface area contributed by atoms with Crippen molar-refractivity contribution in [3.63, 3.8) is 0 Å². The highest BCUT2D eigenvalue weighted by atomic mass is 35.5. The Kier molecular flexibility index (Phi) is 7.43. The average Bonchev–Trinajstić information content (AvgIpc) is 2.68. The highest BCUT2D eigenvalue weighted by Gasteiger charge is 2.11. The highest BCUT2D eigenvalue weighted by molar-refractivity contribution is 5.90. The van der Waals surface area contributed by atoms with Crippen molar-refractivity contribution in [3.8, 4) is 0 Å². The van der Waals surface area contributed by atoms with E-state index in [1.54, 1.807) is 12.3 Å². The van der Waals surface area contributed by atoms with Crippen LogP contribution in [0.4, 0.5) is 11.4 Å². The van der Waals surface area contributed by atoms with Gasteiger partial charge in [-0.15, -0.1) is 24.8 Å². The van der Waals surface area contributed by atoms with E-state index in [0.29, 0.717) is 11.6 Å². The Balaban J connectivity index is 0.00000150. The number of benzene rings is 2. The van der Waals surface area contributed by atoms with Gasteiger partial charge in [-0.05, 0) is 47.9 Å². The van der Waals surface area contributed by atoms with Crippen LogP contribution in [0.3, 0.4) is 0 Å². The van der Waals surface area contributed by atoms with E-state index in [4.69, 9.17) is 0 Å². The van der Waals surface area contributed by atoms with Crippen LogP contribution < -0.4 is 10.9 Å². The number of aryl methyl sites for hydroxylation is 1. The minimum atomic E-state index is -0.152. The van der Waals surface area contributed by atoms with Crippen LogP contribution >= 0.6 is 24.8 Å². The third kappa shape index (κ3) is 4.78. The largest absolute Gasteiger partial charge is 0.355 e. The fraction of sp³-hybridized carbons (Fsp3) is 0.130. The molecule has 2 aromatic carbocycles. The molecule has 29 heavy (non-hydrogen) atoms. The lowest BCUT2D eigenvalue weighted by atomic mass is 9.90. The maximum absolute atomic E-state index is 11.5. The maximum Gasteiger partial charge on any atom is 0.249 e. The molecule has 1 atom stereocenters. The zero-order valence-corrected chi connectivity index (χ0v) is 17.8. The molecule has 0 amide bonds. The van der Waals surface area contributed by atoms with Gasteiger partial charge in [0.15, 0.2) is 0 Å². The summed E-state index contributed by atoms with van der Waals surface area (Å²) in [5.74, 6) is 0.304. The van der Waals surface area contributed by atoms with Gasteiger partial charge in [-0.25, -0.2) is 4.98 Å². The number of H-pyrrole nitrogens is 1. The van der Waals surface area contributed by atoms with Crippen molar-refractivity contribution in [1.29, 1.82) is 0 Å². The summed E-state index contributed by atoms with van der Waals surface area (Å²) >= 11 is 0. The molecule has 4 nitrogen and oxygen atoms in total. The van der Waals surface area contributed by atoms with Gasteiger partial charge in [0.25, 0.3) is 0 Å². The standard InChI is InChI=1S/C23H21N3O.2ClH/c1-15-6-3-4-9-19(15)16(2)17-7-5-8-18(14-17)25-21-12-13-24-23-20(21)10-11-22(27)26-23;;/h3-14,16H,1-2H3,(H2,24,25,26,27);2*1H. The molecule has 0 bridgehead atoms. The minimum absolute atomic E-state index is 0. The molecule has 6 heteroatoms. The lowest BCUT2D eigenvalue weighted by molar-refractivity contribution is 0.910. The van der Waals surface area contributed by atoms with E-state index < -0.39 is 0 Å². The molecule has 150 valence electrons. The molecule has 0 fully saturated rings. The molecule has 4 rings (SSSR count). The van der Waals surface area contributed by atoms with Gasteiger partial charge in [-0.2, -0.15) is 0 Å². The number of nitrogens with one attached hydrogen (secondary N) is 2. The number of aromatic nitrogens is 2. The number of rotatable bonds is 4. The maximum atomic E-state index is 11.5. The molecule has 0 aliphatic carbocycles. The second-order valence-corrected chi connectivity index (χ2v) is 6.77. The van der Waals surface area contributed by atoms with E-state index >= 15 is 0 Å². The SMILES string of the molecule is Cc1ccccc1C(C)c1cccc(Nc2ccnc3[nH]c(=O)ccc23)c1.Cl.Cl. The lowest BCUT2D eigenvalue weighted by Crippen LogP contribution is -2.04. The van der Waals surface area contributed by atoms with Gasteiger partial charge in [0, 0.05) is 29.3 Å². The first-order valence-electron chi connectivity index (χ1n) is 9.02. The summed E-state index contributed by atoms with van der Waals surface area (Å²) in [7, 11) is 0. The second-order valence-electron chi connectivity index (χ2n) is 6.77. The Morgan fingerprint density at radius 2 is 1.76 bits per heavy atom. The fourth-order valence-electron chi connectivity index (χ4n) is 3.46. The predicted molar refractivity (Wildman–Crippen MR) is 125 cm³/mol. The van der Waals surface area contributed by atoms with Gasteiger partial charge in [0.1, 0.15) is 5.65 Å². The lowest BCUT2D eigenvalue weighted by Gasteiger charge is -2.17. The summed E-state index contributed by atoms with van der Waals surface area (Å²) in [5, 5.41) is 4.35. The van der Waals surface area contributed by atoms with Crippen LogP contribution in [-0.2, 0) is 0 Å². The monoisotopic (exact) mass is 427 g/mol. The molecule has 2 aromatic heterocycles. The smallest absolute Gasteiger partial charge is 0.249 e. The Bertz CT molecular complexity index is 1170. The summed E-state index contributed by atoms with van der Waals surface area (Å²) < 4.78 is 0. The van der Waals surface area contributed by atoms with E-state index in [0.717, 1.165) is 16.8 Å². The van der Waals surface area contributed by atoms with Crippen molar-refractivity contribution in [1.82, 2.24) is 9.97 Å². The first-order valence-corrected chi connectivity index (χ1v) is 9.02. The van der Waals surface area contributed by atoms with Crippen LogP contribution in [0.25, 0.3) is 11.0 Å². The zero-order chi connectivity index (χ0) is 18.8. The topological polar surface area (TPSA) is 57.8 Å². The Morgan fingerprint density at radius 1 is 0.966 bits per heavy atom. The van der Waals surface area contributed by atoms with Crippen LogP contribution in [0.15, 0.2) is 77.7 Å².